The van der Waals surface area contributed by atoms with Crippen molar-refractivity contribution in [3.05, 3.63) is 97.2 Å². The van der Waals surface area contributed by atoms with Crippen LogP contribution >= 0.6 is 0 Å². The van der Waals surface area contributed by atoms with Crippen LogP contribution in [0.4, 0.5) is 36.8 Å². The van der Waals surface area contributed by atoms with Gasteiger partial charge in [0.05, 0.1) is 0 Å². The van der Waals surface area contributed by atoms with Gasteiger partial charge < -0.3 is 29.0 Å². The lowest BCUT2D eigenvalue weighted by molar-refractivity contribution is -0.286. The summed E-state index contributed by atoms with van der Waals surface area (Å²) >= 11 is 0. The molecule has 0 saturated heterocycles. The summed E-state index contributed by atoms with van der Waals surface area (Å²) in [5, 5.41) is 7.05. The number of aromatic nitrogens is 2. The summed E-state index contributed by atoms with van der Waals surface area (Å²) in [5.41, 5.74) is 1.65. The summed E-state index contributed by atoms with van der Waals surface area (Å²) in [6, 6.07) is 20.6. The van der Waals surface area contributed by atoms with E-state index in [-0.39, 0.29) is 28.7 Å². The Labute approximate surface area is 255 Å². The monoisotopic (exact) mass is 643 g/mol. The molecular weight excluding hydrogens is 624 g/mol. The first-order chi connectivity index (χ1) is 22.0. The molecule has 6 rings (SSSR count). The molecule has 15 heteroatoms. The van der Waals surface area contributed by atoms with E-state index in [4.69, 9.17) is 4.74 Å². The first-order valence-electron chi connectivity index (χ1n) is 13.2. The van der Waals surface area contributed by atoms with Crippen molar-refractivity contribution in [2.75, 3.05) is 5.32 Å². The second-order valence-electron chi connectivity index (χ2n) is 9.47. The number of carbonyl (C=O) groups excluding carboxylic acids is 1. The summed E-state index contributed by atoms with van der Waals surface area (Å²) in [7, 11) is 0. The molecule has 1 aromatic heterocycles. The third-order valence-corrected chi connectivity index (χ3v) is 6.38. The zero-order chi connectivity index (χ0) is 32.4. The number of hydrogen-bond acceptors (Lipinski definition) is 7. The van der Waals surface area contributed by atoms with Crippen LogP contribution in [0.5, 0.6) is 34.5 Å². The molecule has 0 saturated carbocycles. The smallest absolute Gasteiger partial charge is 0.457 e. The number of nitrogens with one attached hydrogen (secondary N) is 1. The molecule has 1 aliphatic heterocycles. The number of alkyl halides is 6. The number of hydrogen-bond donors (Lipinski definition) is 1. The molecule has 0 unspecified atom stereocenters. The molecule has 0 aliphatic carbocycles. The Bertz CT molecular complexity index is 1850. The minimum Gasteiger partial charge on any atom is -0.457 e. The average Bonchev–Trinajstić information content (AvgIpc) is 3.59. The quantitative estimate of drug-likeness (QED) is 0.161. The predicted octanol–water partition coefficient (Wildman–Crippen LogP) is 8.61. The van der Waals surface area contributed by atoms with E-state index in [2.05, 4.69) is 29.4 Å². The highest BCUT2D eigenvalue weighted by atomic mass is 19.3. The Morgan fingerprint density at radius 1 is 0.717 bits per heavy atom. The Hall–Kier alpha value is -5.86. The maximum absolute atomic E-state index is 13.6. The van der Waals surface area contributed by atoms with Crippen molar-refractivity contribution in [3.8, 4) is 56.9 Å². The maximum atomic E-state index is 13.6. The van der Waals surface area contributed by atoms with E-state index in [1.807, 2.05) is 0 Å². The minimum atomic E-state index is -3.84. The molecule has 0 bridgehead atoms. The van der Waals surface area contributed by atoms with Crippen LogP contribution in [-0.4, -0.2) is 35.3 Å². The fourth-order valence-corrected chi connectivity index (χ4v) is 4.43. The molecule has 0 spiro atoms. The lowest BCUT2D eigenvalue weighted by atomic mass is 10.0. The highest BCUT2D eigenvalue weighted by molar-refractivity contribution is 5.93. The summed E-state index contributed by atoms with van der Waals surface area (Å²) in [6.45, 7) is -5.98. The van der Waals surface area contributed by atoms with Crippen LogP contribution in [0.1, 0.15) is 0 Å². The van der Waals surface area contributed by atoms with E-state index >= 15 is 0 Å². The van der Waals surface area contributed by atoms with Crippen LogP contribution in [0.25, 0.3) is 22.4 Å². The molecule has 2 heterocycles. The van der Waals surface area contributed by atoms with E-state index in [1.54, 1.807) is 24.3 Å². The molecule has 0 radical (unpaired) electrons. The van der Waals surface area contributed by atoms with Crippen LogP contribution < -0.4 is 29.0 Å². The number of rotatable bonds is 9. The van der Waals surface area contributed by atoms with Gasteiger partial charge in [-0.05, 0) is 90.5 Å². The lowest BCUT2D eigenvalue weighted by Crippen LogP contribution is -2.25. The number of anilines is 1. The van der Waals surface area contributed by atoms with Gasteiger partial charge in [-0.3, -0.25) is 0 Å². The number of fused-ring (bicyclic) bond motifs is 1. The minimum absolute atomic E-state index is 0.0248. The van der Waals surface area contributed by atoms with Crippen molar-refractivity contribution in [1.29, 1.82) is 0 Å². The number of halogens is 6. The molecule has 1 N–H and O–H groups in total. The predicted molar refractivity (Wildman–Crippen MR) is 150 cm³/mol. The van der Waals surface area contributed by atoms with Gasteiger partial charge in [0.1, 0.15) is 28.7 Å². The first kappa shape index (κ1) is 30.2. The van der Waals surface area contributed by atoms with Crippen molar-refractivity contribution in [2.45, 2.75) is 19.5 Å². The standard InChI is InChI=1S/C31H19F6N3O6/c32-28(33)43-22-6-1-17(2-7-22)27-24(18-3-14-25-26(15-18)46-31(36,37)45-25)16-40(39-27)30(41)38-19-4-8-20(9-5-19)42-21-10-12-23(13-11-21)44-29(34)35/h1-16,28-29H,(H,38,41). The molecule has 1 amide bonds. The van der Waals surface area contributed by atoms with Crippen LogP contribution in [0.3, 0.4) is 0 Å². The summed E-state index contributed by atoms with van der Waals surface area (Å²) in [6.07, 6.45) is -2.48. The summed E-state index contributed by atoms with van der Waals surface area (Å²) in [4.78, 5) is 13.2. The van der Waals surface area contributed by atoms with Gasteiger partial charge in [-0.2, -0.15) is 27.3 Å². The van der Waals surface area contributed by atoms with Gasteiger partial charge in [0.2, 0.25) is 0 Å². The van der Waals surface area contributed by atoms with E-state index in [0.29, 0.717) is 33.9 Å². The second-order valence-corrected chi connectivity index (χ2v) is 9.47. The van der Waals surface area contributed by atoms with Gasteiger partial charge in [0, 0.05) is 23.0 Å². The fraction of sp³-hybridized carbons (Fsp3) is 0.0968. The number of benzene rings is 4. The molecule has 1 aliphatic rings. The molecule has 4 aromatic carbocycles. The van der Waals surface area contributed by atoms with E-state index in [0.717, 1.165) is 4.68 Å². The molecular formula is C31H19F6N3O6. The zero-order valence-corrected chi connectivity index (χ0v) is 23.0. The van der Waals surface area contributed by atoms with Crippen molar-refractivity contribution in [3.63, 3.8) is 0 Å². The van der Waals surface area contributed by atoms with Crippen molar-refractivity contribution in [2.24, 2.45) is 0 Å². The second kappa shape index (κ2) is 12.3. The SMILES string of the molecule is O=C(Nc1ccc(Oc2ccc(OC(F)F)cc2)cc1)n1cc(-c2ccc3c(c2)OC(F)(F)O3)c(-c2ccc(OC(F)F)cc2)n1. The largest absolute Gasteiger partial charge is 0.586 e. The van der Waals surface area contributed by atoms with Gasteiger partial charge in [-0.25, -0.2) is 4.79 Å². The molecule has 0 fully saturated rings. The topological polar surface area (TPSA) is 93.1 Å². The normalized spacial score (nSPS) is 13.1. The number of amides is 1. The molecule has 236 valence electrons. The van der Waals surface area contributed by atoms with Crippen LogP contribution in [0, 0.1) is 0 Å². The third-order valence-electron chi connectivity index (χ3n) is 6.38. The Kier molecular flexibility index (Phi) is 8.04. The Morgan fingerprint density at radius 2 is 1.24 bits per heavy atom. The average molecular weight is 643 g/mol. The summed E-state index contributed by atoms with van der Waals surface area (Å²) in [5.74, 6) is 0.203. The molecule has 5 aromatic rings. The number of nitrogens with zero attached hydrogens (tertiary/aromatic N) is 2. The highest BCUT2D eigenvalue weighted by Crippen LogP contribution is 2.44. The molecule has 0 atom stereocenters. The van der Waals surface area contributed by atoms with Gasteiger partial charge in [-0.1, -0.05) is 6.07 Å². The van der Waals surface area contributed by atoms with E-state index in [1.165, 1.54) is 72.9 Å². The van der Waals surface area contributed by atoms with Crippen LogP contribution in [0.15, 0.2) is 97.2 Å². The zero-order valence-electron chi connectivity index (χ0n) is 23.0. The van der Waals surface area contributed by atoms with Crippen molar-refractivity contribution < 1.29 is 54.8 Å². The van der Waals surface area contributed by atoms with Gasteiger partial charge in [-0.15, -0.1) is 8.78 Å². The van der Waals surface area contributed by atoms with E-state index in [9.17, 15) is 31.1 Å². The lowest BCUT2D eigenvalue weighted by Gasteiger charge is -2.09. The van der Waals surface area contributed by atoms with Gasteiger partial charge in [0.25, 0.3) is 0 Å². The first-order valence-corrected chi connectivity index (χ1v) is 13.2. The van der Waals surface area contributed by atoms with Crippen molar-refractivity contribution >= 4 is 11.7 Å². The third kappa shape index (κ3) is 6.93. The highest BCUT2D eigenvalue weighted by Gasteiger charge is 2.43. The van der Waals surface area contributed by atoms with Crippen molar-refractivity contribution in [1.82, 2.24) is 9.78 Å². The van der Waals surface area contributed by atoms with E-state index < -0.39 is 25.5 Å². The van der Waals surface area contributed by atoms with Crippen LogP contribution in [0.2, 0.25) is 0 Å². The van der Waals surface area contributed by atoms with Gasteiger partial charge in [0.15, 0.2) is 11.5 Å². The molecule has 9 nitrogen and oxygen atoms in total. The Balaban J connectivity index is 1.23. The van der Waals surface area contributed by atoms with Crippen LogP contribution in [-0.2, 0) is 0 Å². The maximum Gasteiger partial charge on any atom is 0.586 e. The fourth-order valence-electron chi connectivity index (χ4n) is 4.43. The number of ether oxygens (including phenoxy) is 5. The summed E-state index contributed by atoms with van der Waals surface area (Å²) < 4.78 is 102. The number of carbonyl (C=O) groups is 1. The molecule has 46 heavy (non-hydrogen) atoms. The Morgan fingerprint density at radius 3 is 1.85 bits per heavy atom. The van der Waals surface area contributed by atoms with Gasteiger partial charge >= 0.3 is 25.5 Å².